The van der Waals surface area contributed by atoms with Crippen LogP contribution in [0.3, 0.4) is 0 Å². The first-order chi connectivity index (χ1) is 9.04. The number of aliphatic hydroxyl groups is 1. The zero-order valence-corrected chi connectivity index (χ0v) is 13.3. The highest BCUT2D eigenvalue weighted by molar-refractivity contribution is 9.10. The molecule has 0 saturated carbocycles. The second-order valence-corrected chi connectivity index (χ2v) is 6.62. The molecule has 2 N–H and O–H groups in total. The van der Waals surface area contributed by atoms with E-state index >= 15 is 0 Å². The van der Waals surface area contributed by atoms with Gasteiger partial charge in [-0.2, -0.15) is 0 Å². The van der Waals surface area contributed by atoms with Gasteiger partial charge >= 0.3 is 0 Å². The number of hydrogen-bond donors (Lipinski definition) is 2. The number of likely N-dealkylation sites (tertiary alicyclic amines) is 1. The molecule has 3 nitrogen and oxygen atoms in total. The molecule has 4 heteroatoms. The van der Waals surface area contributed by atoms with Gasteiger partial charge in [-0.3, -0.25) is 0 Å². The minimum Gasteiger partial charge on any atom is -0.394 e. The van der Waals surface area contributed by atoms with Crippen LogP contribution in [0.5, 0.6) is 0 Å². The van der Waals surface area contributed by atoms with Crippen LogP contribution < -0.4 is 5.32 Å². The minimum absolute atomic E-state index is 0.174. The van der Waals surface area contributed by atoms with Crippen LogP contribution >= 0.6 is 15.9 Å². The van der Waals surface area contributed by atoms with Crippen molar-refractivity contribution in [3.05, 3.63) is 28.7 Å². The molecule has 106 valence electrons. The van der Waals surface area contributed by atoms with Crippen molar-refractivity contribution in [1.29, 1.82) is 0 Å². The van der Waals surface area contributed by atoms with Crippen molar-refractivity contribution in [2.75, 3.05) is 25.0 Å². The van der Waals surface area contributed by atoms with Gasteiger partial charge in [0.25, 0.3) is 0 Å². The zero-order chi connectivity index (χ0) is 13.9. The number of nitrogens with zero attached hydrogens (tertiary/aromatic N) is 1. The Labute approximate surface area is 124 Å². The Bertz CT molecular complexity index is 414. The van der Waals surface area contributed by atoms with Gasteiger partial charge in [-0.1, -0.05) is 22.0 Å². The molecule has 1 aromatic rings. The molecular weight excluding hydrogens is 304 g/mol. The van der Waals surface area contributed by atoms with Crippen LogP contribution in [-0.4, -0.2) is 41.3 Å². The zero-order valence-electron chi connectivity index (χ0n) is 11.7. The lowest BCUT2D eigenvalue weighted by Crippen LogP contribution is -2.53. The number of halogens is 1. The summed E-state index contributed by atoms with van der Waals surface area (Å²) >= 11 is 3.48. The quantitative estimate of drug-likeness (QED) is 0.892. The number of piperidine rings is 1. The topological polar surface area (TPSA) is 35.5 Å². The Morgan fingerprint density at radius 1 is 1.37 bits per heavy atom. The number of rotatable bonds is 4. The molecule has 1 aliphatic rings. The monoisotopic (exact) mass is 326 g/mol. The van der Waals surface area contributed by atoms with E-state index in [1.54, 1.807) is 0 Å². The van der Waals surface area contributed by atoms with E-state index in [1.165, 1.54) is 0 Å². The van der Waals surface area contributed by atoms with E-state index in [1.807, 2.05) is 12.1 Å². The Morgan fingerprint density at radius 3 is 2.58 bits per heavy atom. The number of anilines is 1. The number of hydrogen-bond acceptors (Lipinski definition) is 3. The summed E-state index contributed by atoms with van der Waals surface area (Å²) < 4.78 is 1.06. The van der Waals surface area contributed by atoms with Crippen molar-refractivity contribution in [3.8, 4) is 0 Å². The SMILES string of the molecule is CC(C)N1CCC(CO)(Nc2cccc(Br)c2)CC1. The Kier molecular flexibility index (Phi) is 4.87. The van der Waals surface area contributed by atoms with Crippen molar-refractivity contribution in [2.45, 2.75) is 38.3 Å². The predicted molar refractivity (Wildman–Crippen MR) is 83.5 cm³/mol. The Morgan fingerprint density at radius 2 is 2.05 bits per heavy atom. The van der Waals surface area contributed by atoms with Crippen molar-refractivity contribution in [3.63, 3.8) is 0 Å². The van der Waals surface area contributed by atoms with Gasteiger partial charge in [-0.25, -0.2) is 0 Å². The highest BCUT2D eigenvalue weighted by atomic mass is 79.9. The Balaban J connectivity index is 2.04. The Hall–Kier alpha value is -0.580. The molecular formula is C15H23BrN2O. The van der Waals surface area contributed by atoms with Gasteiger partial charge in [0.2, 0.25) is 0 Å². The van der Waals surface area contributed by atoms with Gasteiger partial charge in [-0.15, -0.1) is 0 Å². The van der Waals surface area contributed by atoms with Gasteiger partial charge in [0.05, 0.1) is 12.1 Å². The van der Waals surface area contributed by atoms with E-state index in [4.69, 9.17) is 0 Å². The maximum Gasteiger partial charge on any atom is 0.0662 e. The van der Waals surface area contributed by atoms with Crippen LogP contribution in [0.1, 0.15) is 26.7 Å². The van der Waals surface area contributed by atoms with Crippen LogP contribution in [0.4, 0.5) is 5.69 Å². The lowest BCUT2D eigenvalue weighted by molar-refractivity contribution is 0.101. The molecule has 0 bridgehead atoms. The summed E-state index contributed by atoms with van der Waals surface area (Å²) in [5.74, 6) is 0. The summed E-state index contributed by atoms with van der Waals surface area (Å²) in [6.45, 7) is 6.73. The second-order valence-electron chi connectivity index (χ2n) is 5.70. The van der Waals surface area contributed by atoms with Crippen molar-refractivity contribution < 1.29 is 5.11 Å². The maximum atomic E-state index is 9.80. The van der Waals surface area contributed by atoms with E-state index in [2.05, 4.69) is 52.1 Å². The first kappa shape index (κ1) is 14.8. The molecule has 1 saturated heterocycles. The summed E-state index contributed by atoms with van der Waals surface area (Å²) in [5.41, 5.74) is 0.896. The molecule has 2 rings (SSSR count). The first-order valence-corrected chi connectivity index (χ1v) is 7.73. The van der Waals surface area contributed by atoms with Crippen LogP contribution in [0.25, 0.3) is 0 Å². The van der Waals surface area contributed by atoms with Gasteiger partial charge in [0, 0.05) is 29.3 Å². The first-order valence-electron chi connectivity index (χ1n) is 6.93. The molecule has 0 aromatic heterocycles. The molecule has 0 atom stereocenters. The van der Waals surface area contributed by atoms with E-state index in [0.29, 0.717) is 6.04 Å². The number of benzene rings is 1. The van der Waals surface area contributed by atoms with Gasteiger partial charge in [0.1, 0.15) is 0 Å². The fraction of sp³-hybridized carbons (Fsp3) is 0.600. The average Bonchev–Trinajstić information content (AvgIpc) is 2.39. The van der Waals surface area contributed by atoms with Crippen LogP contribution in [-0.2, 0) is 0 Å². The van der Waals surface area contributed by atoms with Gasteiger partial charge in [0.15, 0.2) is 0 Å². The molecule has 1 aliphatic heterocycles. The lowest BCUT2D eigenvalue weighted by Gasteiger charge is -2.43. The summed E-state index contributed by atoms with van der Waals surface area (Å²) in [6.07, 6.45) is 1.96. The molecule has 0 spiro atoms. The number of nitrogens with one attached hydrogen (secondary N) is 1. The van der Waals surface area contributed by atoms with E-state index in [-0.39, 0.29) is 12.1 Å². The molecule has 1 heterocycles. The smallest absolute Gasteiger partial charge is 0.0662 e. The fourth-order valence-electron chi connectivity index (χ4n) is 2.66. The summed E-state index contributed by atoms with van der Waals surface area (Å²) in [4.78, 5) is 2.47. The molecule has 0 radical (unpaired) electrons. The van der Waals surface area contributed by atoms with Crippen molar-refractivity contribution in [2.24, 2.45) is 0 Å². The minimum atomic E-state index is -0.174. The summed E-state index contributed by atoms with van der Waals surface area (Å²) in [6, 6.07) is 8.73. The van der Waals surface area contributed by atoms with E-state index < -0.39 is 0 Å². The highest BCUT2D eigenvalue weighted by Crippen LogP contribution is 2.28. The number of aliphatic hydroxyl groups excluding tert-OH is 1. The molecule has 19 heavy (non-hydrogen) atoms. The molecule has 0 unspecified atom stereocenters. The molecule has 0 amide bonds. The van der Waals surface area contributed by atoms with Crippen LogP contribution in [0.15, 0.2) is 28.7 Å². The lowest BCUT2D eigenvalue weighted by atomic mass is 9.87. The maximum absolute atomic E-state index is 9.80. The largest absolute Gasteiger partial charge is 0.394 e. The highest BCUT2D eigenvalue weighted by Gasteiger charge is 2.34. The van der Waals surface area contributed by atoms with Gasteiger partial charge in [-0.05, 0) is 44.9 Å². The van der Waals surface area contributed by atoms with Crippen molar-refractivity contribution in [1.82, 2.24) is 4.90 Å². The van der Waals surface area contributed by atoms with Gasteiger partial charge < -0.3 is 15.3 Å². The van der Waals surface area contributed by atoms with E-state index in [9.17, 15) is 5.11 Å². The molecule has 0 aliphatic carbocycles. The summed E-state index contributed by atoms with van der Waals surface area (Å²) in [7, 11) is 0. The third-order valence-corrected chi connectivity index (χ3v) is 4.52. The van der Waals surface area contributed by atoms with E-state index in [0.717, 1.165) is 36.1 Å². The molecule has 1 fully saturated rings. The van der Waals surface area contributed by atoms with Crippen molar-refractivity contribution >= 4 is 21.6 Å². The fourth-order valence-corrected chi connectivity index (χ4v) is 3.06. The second kappa shape index (κ2) is 6.25. The molecule has 1 aromatic carbocycles. The standard InChI is InChI=1S/C15H23BrN2O/c1-12(2)18-8-6-15(11-19,7-9-18)17-14-5-3-4-13(16)10-14/h3-5,10,12,17,19H,6-9,11H2,1-2H3. The summed E-state index contributed by atoms with van der Waals surface area (Å²) in [5, 5.41) is 13.3. The normalized spacial score (nSPS) is 19.6. The average molecular weight is 327 g/mol. The predicted octanol–water partition coefficient (Wildman–Crippen LogP) is 3.10. The third kappa shape index (κ3) is 3.71. The van der Waals surface area contributed by atoms with Crippen LogP contribution in [0, 0.1) is 0 Å². The third-order valence-electron chi connectivity index (χ3n) is 4.02. The van der Waals surface area contributed by atoms with Crippen LogP contribution in [0.2, 0.25) is 0 Å².